The Kier molecular flexibility index (Phi) is 4.03. The molecular formula is C17H15FN2O3S. The number of nitrogens with zero attached hydrogens (tertiary/aromatic N) is 1. The molecular weight excluding hydrogens is 331 g/mol. The molecule has 1 aliphatic heterocycles. The molecule has 0 radical (unpaired) electrons. The molecule has 7 heteroatoms. The highest BCUT2D eigenvalue weighted by Gasteiger charge is 2.17. The van der Waals surface area contributed by atoms with Crippen molar-refractivity contribution in [3.63, 3.8) is 0 Å². The van der Waals surface area contributed by atoms with Crippen LogP contribution in [0.25, 0.3) is 11.0 Å². The molecule has 0 bridgehead atoms. The zero-order valence-corrected chi connectivity index (χ0v) is 13.8. The summed E-state index contributed by atoms with van der Waals surface area (Å²) >= 11 is 1.50. The number of aromatic nitrogens is 2. The molecule has 2 heterocycles. The number of hydrogen-bond donors (Lipinski definition) is 1. The Labute approximate surface area is 142 Å². The van der Waals surface area contributed by atoms with Crippen molar-refractivity contribution in [2.24, 2.45) is 0 Å². The lowest BCUT2D eigenvalue weighted by Gasteiger charge is -2.20. The first-order chi connectivity index (χ1) is 11.7. The summed E-state index contributed by atoms with van der Waals surface area (Å²) in [5, 5.41) is 0.767. The van der Waals surface area contributed by atoms with Gasteiger partial charge in [0.25, 0.3) is 0 Å². The van der Waals surface area contributed by atoms with Gasteiger partial charge in [-0.15, -0.1) is 0 Å². The van der Waals surface area contributed by atoms with Gasteiger partial charge in [0, 0.05) is 22.9 Å². The average Bonchev–Trinajstić information content (AvgIpc) is 3.01. The van der Waals surface area contributed by atoms with E-state index in [1.54, 1.807) is 7.11 Å². The van der Waals surface area contributed by atoms with Crippen molar-refractivity contribution in [3.05, 3.63) is 47.3 Å². The normalized spacial score (nSPS) is 13.6. The minimum atomic E-state index is -0.284. The molecule has 0 atom stereocenters. The fourth-order valence-corrected chi connectivity index (χ4v) is 3.52. The van der Waals surface area contributed by atoms with Crippen molar-refractivity contribution < 1.29 is 18.6 Å². The van der Waals surface area contributed by atoms with E-state index in [1.165, 1.54) is 23.9 Å². The van der Waals surface area contributed by atoms with Gasteiger partial charge in [0.15, 0.2) is 11.9 Å². The van der Waals surface area contributed by atoms with E-state index < -0.39 is 0 Å². The molecule has 0 fully saturated rings. The maximum atomic E-state index is 13.8. The first-order valence-corrected chi connectivity index (χ1v) is 8.40. The van der Waals surface area contributed by atoms with E-state index >= 15 is 0 Å². The number of rotatable bonds is 4. The third kappa shape index (κ3) is 2.92. The Balaban J connectivity index is 1.58. The maximum absolute atomic E-state index is 13.8. The van der Waals surface area contributed by atoms with E-state index in [9.17, 15) is 4.39 Å². The van der Waals surface area contributed by atoms with Crippen LogP contribution in [-0.2, 0) is 17.1 Å². The fraction of sp³-hybridized carbons (Fsp3) is 0.235. The summed E-state index contributed by atoms with van der Waals surface area (Å²) in [4.78, 5) is 7.78. The van der Waals surface area contributed by atoms with Gasteiger partial charge in [-0.2, -0.15) is 0 Å². The van der Waals surface area contributed by atoms with Crippen LogP contribution in [0.5, 0.6) is 11.5 Å². The Bertz CT molecular complexity index is 897. The molecule has 0 unspecified atom stereocenters. The van der Waals surface area contributed by atoms with Gasteiger partial charge in [-0.05, 0) is 24.3 Å². The second-order valence-corrected chi connectivity index (χ2v) is 6.34. The SMILES string of the molecule is COc1ccc2nc(SCc3cc(F)cc4c3OCOC4)[nH]c2c1. The highest BCUT2D eigenvalue weighted by atomic mass is 32.2. The van der Waals surface area contributed by atoms with Gasteiger partial charge in [-0.1, -0.05) is 11.8 Å². The van der Waals surface area contributed by atoms with Gasteiger partial charge >= 0.3 is 0 Å². The Morgan fingerprint density at radius 3 is 3.12 bits per heavy atom. The van der Waals surface area contributed by atoms with Crippen molar-refractivity contribution in [2.75, 3.05) is 13.9 Å². The largest absolute Gasteiger partial charge is 0.497 e. The van der Waals surface area contributed by atoms with Crippen LogP contribution in [0, 0.1) is 5.82 Å². The summed E-state index contributed by atoms with van der Waals surface area (Å²) in [5.41, 5.74) is 3.31. The molecule has 1 aliphatic rings. The average molecular weight is 346 g/mol. The molecule has 0 saturated heterocycles. The Hall–Kier alpha value is -2.25. The van der Waals surface area contributed by atoms with E-state index in [-0.39, 0.29) is 12.6 Å². The van der Waals surface area contributed by atoms with Gasteiger partial charge in [0.2, 0.25) is 0 Å². The van der Waals surface area contributed by atoms with Gasteiger partial charge in [0.1, 0.15) is 17.3 Å². The van der Waals surface area contributed by atoms with E-state index in [4.69, 9.17) is 14.2 Å². The molecule has 24 heavy (non-hydrogen) atoms. The second kappa shape index (κ2) is 6.33. The summed E-state index contributed by atoms with van der Waals surface area (Å²) in [5.74, 6) is 1.76. The minimum absolute atomic E-state index is 0.195. The maximum Gasteiger partial charge on any atom is 0.189 e. The highest BCUT2D eigenvalue weighted by molar-refractivity contribution is 7.98. The van der Waals surface area contributed by atoms with Gasteiger partial charge in [-0.3, -0.25) is 0 Å². The number of methoxy groups -OCH3 is 1. The molecule has 2 aromatic carbocycles. The second-order valence-electron chi connectivity index (χ2n) is 5.38. The lowest BCUT2D eigenvalue weighted by molar-refractivity contribution is -0.0171. The number of H-pyrrole nitrogens is 1. The molecule has 0 amide bonds. The Morgan fingerprint density at radius 1 is 1.33 bits per heavy atom. The van der Waals surface area contributed by atoms with Crippen LogP contribution >= 0.6 is 11.8 Å². The summed E-state index contributed by atoms with van der Waals surface area (Å²) in [7, 11) is 1.63. The Morgan fingerprint density at radius 2 is 2.25 bits per heavy atom. The van der Waals surface area contributed by atoms with E-state index in [2.05, 4.69) is 9.97 Å². The number of ether oxygens (including phenoxy) is 3. The standard InChI is InChI=1S/C17H15FN2O3S/c1-21-13-2-3-14-15(6-13)20-17(19-14)24-8-11-5-12(18)4-10-7-22-9-23-16(10)11/h2-6H,7-9H2,1H3,(H,19,20). The number of fused-ring (bicyclic) bond motifs is 2. The predicted octanol–water partition coefficient (Wildman–Crippen LogP) is 3.87. The van der Waals surface area contributed by atoms with Crippen LogP contribution < -0.4 is 9.47 Å². The smallest absolute Gasteiger partial charge is 0.189 e. The van der Waals surface area contributed by atoms with Crippen LogP contribution in [0.2, 0.25) is 0 Å². The van der Waals surface area contributed by atoms with Crippen LogP contribution in [0.3, 0.4) is 0 Å². The van der Waals surface area contributed by atoms with Gasteiger partial charge in [0.05, 0.1) is 24.8 Å². The first-order valence-electron chi connectivity index (χ1n) is 7.41. The van der Waals surface area contributed by atoms with Crippen LogP contribution in [0.4, 0.5) is 4.39 Å². The van der Waals surface area contributed by atoms with Gasteiger partial charge in [-0.25, -0.2) is 9.37 Å². The molecule has 1 aromatic heterocycles. The van der Waals surface area contributed by atoms with E-state index in [0.717, 1.165) is 33.1 Å². The topological polar surface area (TPSA) is 56.4 Å². The first kappa shape index (κ1) is 15.3. The van der Waals surface area contributed by atoms with Crippen molar-refractivity contribution in [1.29, 1.82) is 0 Å². The molecule has 0 spiro atoms. The van der Waals surface area contributed by atoms with Crippen molar-refractivity contribution in [1.82, 2.24) is 9.97 Å². The molecule has 1 N–H and O–H groups in total. The molecule has 0 aliphatic carbocycles. The zero-order valence-electron chi connectivity index (χ0n) is 13.0. The van der Waals surface area contributed by atoms with Crippen molar-refractivity contribution in [3.8, 4) is 11.5 Å². The quantitative estimate of drug-likeness (QED) is 0.727. The van der Waals surface area contributed by atoms with Crippen LogP contribution in [-0.4, -0.2) is 23.9 Å². The number of nitrogens with one attached hydrogen (secondary N) is 1. The number of halogens is 1. The predicted molar refractivity (Wildman–Crippen MR) is 88.9 cm³/mol. The highest BCUT2D eigenvalue weighted by Crippen LogP contribution is 2.34. The lowest BCUT2D eigenvalue weighted by atomic mass is 10.1. The van der Waals surface area contributed by atoms with E-state index in [1.807, 2.05) is 18.2 Å². The fourth-order valence-electron chi connectivity index (χ4n) is 2.67. The molecule has 124 valence electrons. The number of thioether (sulfide) groups is 1. The number of hydrogen-bond acceptors (Lipinski definition) is 5. The summed E-state index contributed by atoms with van der Waals surface area (Å²) in [6.45, 7) is 0.565. The third-order valence-electron chi connectivity index (χ3n) is 3.78. The molecule has 5 nitrogen and oxygen atoms in total. The monoisotopic (exact) mass is 346 g/mol. The van der Waals surface area contributed by atoms with Crippen LogP contribution in [0.15, 0.2) is 35.5 Å². The summed E-state index contributed by atoms with van der Waals surface area (Å²) in [6.07, 6.45) is 0. The molecule has 4 rings (SSSR count). The van der Waals surface area contributed by atoms with Crippen molar-refractivity contribution in [2.45, 2.75) is 17.5 Å². The third-order valence-corrected chi connectivity index (χ3v) is 4.71. The number of benzene rings is 2. The van der Waals surface area contributed by atoms with Gasteiger partial charge < -0.3 is 19.2 Å². The molecule has 0 saturated carbocycles. The molecule has 3 aromatic rings. The number of aromatic amines is 1. The minimum Gasteiger partial charge on any atom is -0.497 e. The number of imidazole rings is 1. The summed E-state index contributed by atoms with van der Waals surface area (Å²) < 4.78 is 29.7. The van der Waals surface area contributed by atoms with E-state index in [0.29, 0.717) is 18.1 Å². The van der Waals surface area contributed by atoms with Crippen molar-refractivity contribution >= 4 is 22.8 Å². The van der Waals surface area contributed by atoms with Crippen LogP contribution in [0.1, 0.15) is 11.1 Å². The summed E-state index contributed by atoms with van der Waals surface area (Å²) in [6, 6.07) is 8.63. The zero-order chi connectivity index (χ0) is 16.5. The lowest BCUT2D eigenvalue weighted by Crippen LogP contribution is -2.13.